The van der Waals surface area contributed by atoms with Crippen LogP contribution in [0, 0.1) is 3.57 Å². The molecule has 118 valence electrons. The number of rotatable bonds is 4. The Kier molecular flexibility index (Phi) is 5.56. The van der Waals surface area contributed by atoms with Crippen molar-refractivity contribution in [3.63, 3.8) is 0 Å². The van der Waals surface area contributed by atoms with Crippen molar-refractivity contribution in [2.45, 2.75) is 18.2 Å². The monoisotopic (exact) mass is 455 g/mol. The minimum atomic E-state index is -2.22. The Morgan fingerprint density at radius 3 is 2.43 bits per heavy atom. The fourth-order valence-electron chi connectivity index (χ4n) is 2.09. The molecular formula is C18H15ClINOS. The van der Waals surface area contributed by atoms with Gasteiger partial charge in [-0.25, -0.2) is 0 Å². The van der Waals surface area contributed by atoms with Gasteiger partial charge < -0.3 is 0 Å². The van der Waals surface area contributed by atoms with Crippen molar-refractivity contribution in [2.75, 3.05) is 0 Å². The standard InChI is InChI=1S/C18H15ClINOS/c1-2-13-12-21-20(15-6-4-3-5-7-15)18(22)17(13)23-16-10-8-14(19)9-11-16/h3-12H,2H2,1H3. The predicted octanol–water partition coefficient (Wildman–Crippen LogP) is 6.00. The summed E-state index contributed by atoms with van der Waals surface area (Å²) in [6.07, 6.45) is 2.72. The molecule has 5 heteroatoms. The first-order valence-corrected chi connectivity index (χ1v) is 11.5. The Morgan fingerprint density at radius 1 is 1.09 bits per heavy atom. The molecule has 2 aromatic carbocycles. The van der Waals surface area contributed by atoms with Gasteiger partial charge in [0.05, 0.1) is 0 Å². The van der Waals surface area contributed by atoms with Gasteiger partial charge in [0.1, 0.15) is 0 Å². The van der Waals surface area contributed by atoms with Gasteiger partial charge in [-0.05, 0) is 0 Å². The van der Waals surface area contributed by atoms with Crippen molar-refractivity contribution in [1.29, 1.82) is 0 Å². The van der Waals surface area contributed by atoms with E-state index >= 15 is 0 Å². The molecule has 1 aliphatic heterocycles. The van der Waals surface area contributed by atoms with Crippen molar-refractivity contribution >= 4 is 53.5 Å². The first-order valence-electron chi connectivity index (χ1n) is 7.19. The Bertz CT molecular complexity index is 771. The van der Waals surface area contributed by atoms with E-state index in [1.165, 1.54) is 11.8 Å². The quantitative estimate of drug-likeness (QED) is 0.418. The molecule has 0 aliphatic carbocycles. The second-order valence-corrected chi connectivity index (χ2v) is 10.6. The predicted molar refractivity (Wildman–Crippen MR) is 107 cm³/mol. The van der Waals surface area contributed by atoms with E-state index < -0.39 is 20.1 Å². The second-order valence-electron chi connectivity index (χ2n) is 4.82. The molecule has 0 saturated heterocycles. The molecule has 0 unspecified atom stereocenters. The number of thioether (sulfide) groups is 1. The Hall–Kier alpha value is -1.11. The fraction of sp³-hybridized carbons (Fsp3) is 0.111. The van der Waals surface area contributed by atoms with E-state index in [1.807, 2.05) is 60.8 Å². The summed E-state index contributed by atoms with van der Waals surface area (Å²) in [7, 11) is 0. The first-order chi connectivity index (χ1) is 11.2. The zero-order valence-electron chi connectivity index (χ0n) is 12.5. The molecule has 0 saturated carbocycles. The molecule has 0 fully saturated rings. The van der Waals surface area contributed by atoms with E-state index in [9.17, 15) is 4.79 Å². The third kappa shape index (κ3) is 3.87. The Balaban J connectivity index is 1.92. The summed E-state index contributed by atoms with van der Waals surface area (Å²) >= 11 is 5.26. The van der Waals surface area contributed by atoms with Gasteiger partial charge >= 0.3 is 153 Å². The molecule has 0 radical (unpaired) electrons. The molecule has 0 bridgehead atoms. The SMILES string of the molecule is CCC1=C(Sc2ccc(Cl)cc2)C(=O)I(c2ccccc2)N=C1. The summed E-state index contributed by atoms with van der Waals surface area (Å²) in [5, 5.41) is 0.702. The molecule has 2 nitrogen and oxygen atoms in total. The van der Waals surface area contributed by atoms with Crippen molar-refractivity contribution in [2.24, 2.45) is 3.21 Å². The summed E-state index contributed by atoms with van der Waals surface area (Å²) in [6, 6.07) is 17.6. The fourth-order valence-corrected chi connectivity index (χ4v) is 7.61. The average Bonchev–Trinajstić information content (AvgIpc) is 2.59. The molecule has 1 aliphatic rings. The summed E-state index contributed by atoms with van der Waals surface area (Å²) < 4.78 is 5.94. The molecule has 2 aromatic rings. The van der Waals surface area contributed by atoms with Gasteiger partial charge in [-0.1, -0.05) is 0 Å². The zero-order chi connectivity index (χ0) is 16.2. The second kappa shape index (κ2) is 7.64. The summed E-state index contributed by atoms with van der Waals surface area (Å²) in [5.74, 6) is 0. The maximum absolute atomic E-state index is 13.0. The molecule has 0 atom stereocenters. The van der Waals surface area contributed by atoms with Crippen LogP contribution in [0.25, 0.3) is 0 Å². The van der Waals surface area contributed by atoms with Gasteiger partial charge in [0.15, 0.2) is 0 Å². The van der Waals surface area contributed by atoms with Crippen LogP contribution in [-0.2, 0) is 4.79 Å². The van der Waals surface area contributed by atoms with E-state index in [0.717, 1.165) is 25.4 Å². The van der Waals surface area contributed by atoms with Gasteiger partial charge in [-0.15, -0.1) is 0 Å². The van der Waals surface area contributed by atoms with Crippen LogP contribution < -0.4 is 0 Å². The summed E-state index contributed by atoms with van der Waals surface area (Å²) in [5.41, 5.74) is 1.03. The third-order valence-corrected chi connectivity index (χ3v) is 9.27. The number of hydrogen-bond acceptors (Lipinski definition) is 3. The van der Waals surface area contributed by atoms with Crippen LogP contribution in [0.5, 0.6) is 0 Å². The van der Waals surface area contributed by atoms with Crippen molar-refractivity contribution in [3.05, 3.63) is 73.7 Å². The van der Waals surface area contributed by atoms with Gasteiger partial charge in [-0.3, -0.25) is 0 Å². The minimum absolute atomic E-state index is 0.222. The average molecular weight is 456 g/mol. The maximum atomic E-state index is 13.0. The van der Waals surface area contributed by atoms with Crippen molar-refractivity contribution in [1.82, 2.24) is 0 Å². The van der Waals surface area contributed by atoms with Crippen molar-refractivity contribution in [3.8, 4) is 0 Å². The number of allylic oxidation sites excluding steroid dienone is 2. The van der Waals surface area contributed by atoms with E-state index in [-0.39, 0.29) is 3.79 Å². The number of hydrogen-bond donors (Lipinski definition) is 0. The summed E-state index contributed by atoms with van der Waals surface area (Å²) in [6.45, 7) is 2.06. The van der Waals surface area contributed by atoms with Crippen molar-refractivity contribution < 1.29 is 4.79 Å². The number of benzene rings is 2. The van der Waals surface area contributed by atoms with Crippen LogP contribution in [-0.4, -0.2) is 10.0 Å². The molecular weight excluding hydrogens is 441 g/mol. The van der Waals surface area contributed by atoms with Gasteiger partial charge in [-0.2, -0.15) is 0 Å². The number of carbonyl (C=O) groups is 1. The molecule has 3 rings (SSSR count). The van der Waals surface area contributed by atoms with Gasteiger partial charge in [0.25, 0.3) is 0 Å². The summed E-state index contributed by atoms with van der Waals surface area (Å²) in [4.78, 5) is 14.9. The van der Waals surface area contributed by atoms with E-state index in [1.54, 1.807) is 0 Å². The van der Waals surface area contributed by atoms with Crippen LogP contribution in [0.1, 0.15) is 13.3 Å². The van der Waals surface area contributed by atoms with Gasteiger partial charge in [0, 0.05) is 0 Å². The molecule has 0 aromatic heterocycles. The van der Waals surface area contributed by atoms with E-state index in [0.29, 0.717) is 5.02 Å². The molecule has 0 amide bonds. The van der Waals surface area contributed by atoms with Crippen LogP contribution in [0.3, 0.4) is 0 Å². The molecule has 0 N–H and O–H groups in total. The number of carbonyl (C=O) groups excluding carboxylic acids is 1. The molecule has 0 spiro atoms. The normalized spacial score (nSPS) is 16.1. The third-order valence-electron chi connectivity index (χ3n) is 3.29. The van der Waals surface area contributed by atoms with Gasteiger partial charge in [0.2, 0.25) is 0 Å². The molecule has 1 heterocycles. The van der Waals surface area contributed by atoms with Crippen LogP contribution in [0.15, 0.2) is 73.2 Å². The topological polar surface area (TPSA) is 29.4 Å². The number of halogens is 2. The zero-order valence-corrected chi connectivity index (χ0v) is 16.2. The molecule has 23 heavy (non-hydrogen) atoms. The van der Waals surface area contributed by atoms with Crippen LogP contribution in [0.2, 0.25) is 5.02 Å². The van der Waals surface area contributed by atoms with Crippen LogP contribution >= 0.6 is 43.5 Å². The first kappa shape index (κ1) is 16.7. The Labute approximate surface area is 152 Å². The van der Waals surface area contributed by atoms with Crippen LogP contribution in [0.4, 0.5) is 0 Å². The number of nitrogens with zero attached hydrogens (tertiary/aromatic N) is 1. The van der Waals surface area contributed by atoms with E-state index in [4.69, 9.17) is 11.6 Å². The van der Waals surface area contributed by atoms with E-state index in [2.05, 4.69) is 10.1 Å². The Morgan fingerprint density at radius 2 is 1.78 bits per heavy atom.